The first-order chi connectivity index (χ1) is 14.1. The third kappa shape index (κ3) is 4.94. The molecule has 166 valence electrons. The number of piperazine rings is 1. The van der Waals surface area contributed by atoms with Gasteiger partial charge in [-0.25, -0.2) is 9.67 Å². The molecule has 0 N–H and O–H groups in total. The van der Waals surface area contributed by atoms with Crippen LogP contribution in [0.5, 0.6) is 5.88 Å². The SMILES string of the molecule is COc1nn(C)c2nc(C)c(CCC(=O)N3CCN(CCC(C)(C)C)CC3)c(C)c12. The predicted molar refractivity (Wildman–Crippen MR) is 120 cm³/mol. The van der Waals surface area contributed by atoms with Crippen molar-refractivity contribution in [2.24, 2.45) is 12.5 Å². The van der Waals surface area contributed by atoms with Gasteiger partial charge >= 0.3 is 0 Å². The molecule has 1 aliphatic heterocycles. The van der Waals surface area contributed by atoms with E-state index in [9.17, 15) is 4.79 Å². The van der Waals surface area contributed by atoms with E-state index < -0.39 is 0 Å². The van der Waals surface area contributed by atoms with Crippen LogP contribution in [0.25, 0.3) is 11.0 Å². The second-order valence-electron chi connectivity index (χ2n) is 9.67. The van der Waals surface area contributed by atoms with E-state index in [1.165, 1.54) is 6.42 Å². The first-order valence-corrected chi connectivity index (χ1v) is 11.0. The number of nitrogens with zero attached hydrogens (tertiary/aromatic N) is 5. The smallest absolute Gasteiger partial charge is 0.242 e. The molecule has 1 amide bonds. The van der Waals surface area contributed by atoms with E-state index in [1.807, 2.05) is 18.9 Å². The van der Waals surface area contributed by atoms with Crippen LogP contribution in [-0.2, 0) is 18.3 Å². The topological polar surface area (TPSA) is 63.5 Å². The Morgan fingerprint density at radius 2 is 1.80 bits per heavy atom. The quantitative estimate of drug-likeness (QED) is 0.725. The van der Waals surface area contributed by atoms with Gasteiger partial charge in [0.25, 0.3) is 0 Å². The first kappa shape index (κ1) is 22.5. The van der Waals surface area contributed by atoms with Gasteiger partial charge in [-0.2, -0.15) is 0 Å². The Hall–Kier alpha value is -2.15. The standard InChI is InChI=1S/C23H37N5O2/c1-16-18(17(2)24-21-20(16)22(30-7)25-26(21)6)8-9-19(29)28-14-12-27(13-15-28)11-10-23(3,4)5/h8-15H2,1-7H3. The van der Waals surface area contributed by atoms with E-state index in [0.29, 0.717) is 24.1 Å². The lowest BCUT2D eigenvalue weighted by Gasteiger charge is -2.36. The molecule has 1 saturated heterocycles. The number of rotatable bonds is 6. The summed E-state index contributed by atoms with van der Waals surface area (Å²) in [6, 6.07) is 0. The summed E-state index contributed by atoms with van der Waals surface area (Å²) in [5.74, 6) is 0.832. The molecule has 2 aromatic rings. The van der Waals surface area contributed by atoms with Crippen LogP contribution in [0.4, 0.5) is 0 Å². The van der Waals surface area contributed by atoms with E-state index in [2.05, 4.69) is 37.7 Å². The third-order valence-corrected chi connectivity index (χ3v) is 6.21. The highest BCUT2D eigenvalue weighted by molar-refractivity contribution is 5.86. The van der Waals surface area contributed by atoms with Crippen LogP contribution in [0, 0.1) is 19.3 Å². The molecule has 1 fully saturated rings. The average molecular weight is 416 g/mol. The minimum atomic E-state index is 0.238. The molecule has 3 heterocycles. The number of carbonyl (C=O) groups excluding carboxylic acids is 1. The van der Waals surface area contributed by atoms with Gasteiger partial charge in [0.05, 0.1) is 12.5 Å². The lowest BCUT2D eigenvalue weighted by Crippen LogP contribution is -2.49. The lowest BCUT2D eigenvalue weighted by atomic mass is 9.92. The summed E-state index contributed by atoms with van der Waals surface area (Å²) in [7, 11) is 3.51. The van der Waals surface area contributed by atoms with Crippen LogP contribution in [0.2, 0.25) is 0 Å². The lowest BCUT2D eigenvalue weighted by molar-refractivity contribution is -0.132. The molecule has 0 spiro atoms. The third-order valence-electron chi connectivity index (χ3n) is 6.21. The summed E-state index contributed by atoms with van der Waals surface area (Å²) >= 11 is 0. The minimum absolute atomic E-state index is 0.238. The molecule has 7 nitrogen and oxygen atoms in total. The van der Waals surface area contributed by atoms with Crippen molar-refractivity contribution >= 4 is 16.9 Å². The zero-order chi connectivity index (χ0) is 22.1. The van der Waals surface area contributed by atoms with Crippen molar-refractivity contribution in [3.63, 3.8) is 0 Å². The largest absolute Gasteiger partial charge is 0.479 e. The van der Waals surface area contributed by atoms with Gasteiger partial charge in [-0.1, -0.05) is 20.8 Å². The highest BCUT2D eigenvalue weighted by Gasteiger charge is 2.23. The molecule has 0 aliphatic carbocycles. The number of aromatic nitrogens is 3. The van der Waals surface area contributed by atoms with E-state index in [0.717, 1.165) is 60.6 Å². The number of fused-ring (bicyclic) bond motifs is 1. The second kappa shape index (κ2) is 8.92. The Morgan fingerprint density at radius 1 is 1.13 bits per heavy atom. The molecule has 1 aliphatic rings. The molecular formula is C23H37N5O2. The van der Waals surface area contributed by atoms with Crippen molar-refractivity contribution in [2.45, 2.75) is 53.9 Å². The summed E-state index contributed by atoms with van der Waals surface area (Å²) < 4.78 is 7.20. The maximum Gasteiger partial charge on any atom is 0.242 e. The van der Waals surface area contributed by atoms with Gasteiger partial charge in [-0.15, -0.1) is 5.10 Å². The Morgan fingerprint density at radius 3 is 2.40 bits per heavy atom. The summed E-state index contributed by atoms with van der Waals surface area (Å²) in [5, 5.41) is 5.35. The highest BCUT2D eigenvalue weighted by Crippen LogP contribution is 2.30. The monoisotopic (exact) mass is 415 g/mol. The maximum absolute atomic E-state index is 12.9. The molecule has 2 aromatic heterocycles. The molecule has 0 aromatic carbocycles. The fourth-order valence-corrected chi connectivity index (χ4v) is 4.21. The highest BCUT2D eigenvalue weighted by atomic mass is 16.5. The minimum Gasteiger partial charge on any atom is -0.479 e. The molecule has 3 rings (SSSR count). The second-order valence-corrected chi connectivity index (χ2v) is 9.67. The molecule has 7 heteroatoms. The summed E-state index contributed by atoms with van der Waals surface area (Å²) in [4.78, 5) is 22.1. The Kier molecular flexibility index (Phi) is 6.70. The predicted octanol–water partition coefficient (Wildman–Crippen LogP) is 3.11. The van der Waals surface area contributed by atoms with Crippen molar-refractivity contribution in [3.05, 3.63) is 16.8 Å². The molecular weight excluding hydrogens is 378 g/mol. The van der Waals surface area contributed by atoms with Crippen molar-refractivity contribution in [1.29, 1.82) is 0 Å². The summed E-state index contributed by atoms with van der Waals surface area (Å²) in [6.45, 7) is 15.7. The normalized spacial score (nSPS) is 15.8. The van der Waals surface area contributed by atoms with Crippen LogP contribution in [0.15, 0.2) is 0 Å². The number of aryl methyl sites for hydroxylation is 3. The van der Waals surface area contributed by atoms with Crippen molar-refractivity contribution in [3.8, 4) is 5.88 Å². The maximum atomic E-state index is 12.9. The number of amides is 1. The number of methoxy groups -OCH3 is 1. The van der Waals surface area contributed by atoms with Gasteiger partial charge in [0.1, 0.15) is 0 Å². The average Bonchev–Trinajstić information content (AvgIpc) is 3.01. The molecule has 30 heavy (non-hydrogen) atoms. The van der Waals surface area contributed by atoms with Gasteiger partial charge in [0, 0.05) is 45.3 Å². The summed E-state index contributed by atoms with van der Waals surface area (Å²) in [6.07, 6.45) is 2.40. The Balaban J connectivity index is 1.61. The zero-order valence-corrected chi connectivity index (χ0v) is 19.7. The van der Waals surface area contributed by atoms with E-state index in [1.54, 1.807) is 11.8 Å². The van der Waals surface area contributed by atoms with Crippen LogP contribution >= 0.6 is 0 Å². The van der Waals surface area contributed by atoms with Gasteiger partial charge < -0.3 is 9.64 Å². The van der Waals surface area contributed by atoms with E-state index in [4.69, 9.17) is 9.72 Å². The van der Waals surface area contributed by atoms with Crippen molar-refractivity contribution < 1.29 is 9.53 Å². The number of pyridine rings is 1. The van der Waals surface area contributed by atoms with Crippen LogP contribution in [0.3, 0.4) is 0 Å². The van der Waals surface area contributed by atoms with Crippen molar-refractivity contribution in [2.75, 3.05) is 39.8 Å². The van der Waals surface area contributed by atoms with Crippen LogP contribution in [-0.4, -0.2) is 70.3 Å². The first-order valence-electron chi connectivity index (χ1n) is 11.0. The summed E-state index contributed by atoms with van der Waals surface area (Å²) in [5.41, 5.74) is 4.39. The van der Waals surface area contributed by atoms with Gasteiger partial charge in [0.15, 0.2) is 5.65 Å². The number of hydrogen-bond acceptors (Lipinski definition) is 5. The number of hydrogen-bond donors (Lipinski definition) is 0. The molecule has 0 bridgehead atoms. The number of carbonyl (C=O) groups is 1. The van der Waals surface area contributed by atoms with Gasteiger partial charge in [0.2, 0.25) is 11.8 Å². The van der Waals surface area contributed by atoms with E-state index >= 15 is 0 Å². The number of ether oxygens (including phenoxy) is 1. The Labute approximate surface area is 180 Å². The molecule has 0 saturated carbocycles. The fraction of sp³-hybridized carbons (Fsp3) is 0.696. The van der Waals surface area contributed by atoms with Crippen molar-refractivity contribution in [1.82, 2.24) is 24.6 Å². The molecule has 0 unspecified atom stereocenters. The van der Waals surface area contributed by atoms with Gasteiger partial charge in [-0.3, -0.25) is 9.69 Å². The fourth-order valence-electron chi connectivity index (χ4n) is 4.21. The van der Waals surface area contributed by atoms with E-state index in [-0.39, 0.29) is 5.91 Å². The zero-order valence-electron chi connectivity index (χ0n) is 19.7. The van der Waals surface area contributed by atoms with Crippen LogP contribution in [0.1, 0.15) is 50.4 Å². The van der Waals surface area contributed by atoms with Crippen LogP contribution < -0.4 is 4.74 Å². The Bertz CT molecular complexity index is 905. The molecule has 0 atom stereocenters. The molecule has 0 radical (unpaired) electrons. The van der Waals surface area contributed by atoms with Gasteiger partial charge in [-0.05, 0) is 49.8 Å².